The Balaban J connectivity index is 2.45. The summed E-state index contributed by atoms with van der Waals surface area (Å²) < 4.78 is 0. The first-order valence-electron chi connectivity index (χ1n) is 6.69. The van der Waals surface area contributed by atoms with Crippen LogP contribution in [0.4, 0.5) is 0 Å². The van der Waals surface area contributed by atoms with Gasteiger partial charge in [-0.15, -0.1) is 0 Å². The minimum absolute atomic E-state index is 0.898. The van der Waals surface area contributed by atoms with Crippen LogP contribution in [0.2, 0.25) is 12.1 Å². The molecule has 3 unspecified atom stereocenters. The van der Waals surface area contributed by atoms with Crippen LogP contribution in [-0.4, -0.2) is 7.28 Å². The molecule has 0 amide bonds. The van der Waals surface area contributed by atoms with Crippen molar-refractivity contribution in [3.8, 4) is 0 Å². The molecule has 0 N–H and O–H groups in total. The zero-order chi connectivity index (χ0) is 10.6. The van der Waals surface area contributed by atoms with Crippen molar-refractivity contribution in [1.29, 1.82) is 0 Å². The van der Waals surface area contributed by atoms with Crippen molar-refractivity contribution in [3.05, 3.63) is 0 Å². The van der Waals surface area contributed by atoms with E-state index in [2.05, 4.69) is 27.7 Å². The van der Waals surface area contributed by atoms with Crippen LogP contribution in [0.3, 0.4) is 0 Å². The van der Waals surface area contributed by atoms with Crippen LogP contribution in [-0.2, 0) is 0 Å². The molecule has 0 aliphatic carbocycles. The molecule has 1 saturated heterocycles. The van der Waals surface area contributed by atoms with Crippen LogP contribution in [0.15, 0.2) is 0 Å². The molecule has 0 aromatic heterocycles. The second-order valence-corrected chi connectivity index (χ2v) is 5.59. The standard InChI is InChI=1S/C13H27B/c1-5-7-13-12(6-2)11(9-14-13)8-10(3)4/h10-14H,5-9H2,1-4H3. The van der Waals surface area contributed by atoms with Crippen LogP contribution < -0.4 is 0 Å². The molecule has 1 aliphatic heterocycles. The van der Waals surface area contributed by atoms with E-state index in [1.165, 1.54) is 39.3 Å². The minimum atomic E-state index is 0.898. The Morgan fingerprint density at radius 1 is 1.29 bits per heavy atom. The van der Waals surface area contributed by atoms with E-state index < -0.39 is 0 Å². The molecule has 1 fully saturated rings. The quantitative estimate of drug-likeness (QED) is 0.577. The molecule has 0 aromatic rings. The Labute approximate surface area is 91.1 Å². The topological polar surface area (TPSA) is 0 Å². The maximum absolute atomic E-state index is 2.39. The fourth-order valence-electron chi connectivity index (χ4n) is 3.54. The Morgan fingerprint density at radius 3 is 2.50 bits per heavy atom. The smallest absolute Gasteiger partial charge is 0.0741 e. The third-order valence-electron chi connectivity index (χ3n) is 4.02. The van der Waals surface area contributed by atoms with E-state index in [-0.39, 0.29) is 0 Å². The molecule has 0 radical (unpaired) electrons. The van der Waals surface area contributed by atoms with Crippen molar-refractivity contribution in [3.63, 3.8) is 0 Å². The van der Waals surface area contributed by atoms with Gasteiger partial charge in [0.1, 0.15) is 7.28 Å². The van der Waals surface area contributed by atoms with Gasteiger partial charge in [0.2, 0.25) is 0 Å². The molecular formula is C13H27B. The minimum Gasteiger partial charge on any atom is -0.0741 e. The summed E-state index contributed by atoms with van der Waals surface area (Å²) in [6.45, 7) is 9.48. The van der Waals surface area contributed by atoms with E-state index in [4.69, 9.17) is 0 Å². The summed E-state index contributed by atoms with van der Waals surface area (Å²) in [6, 6.07) is 0. The molecule has 0 nitrogen and oxygen atoms in total. The first-order valence-corrected chi connectivity index (χ1v) is 6.69. The lowest BCUT2D eigenvalue weighted by Gasteiger charge is -2.25. The van der Waals surface area contributed by atoms with Crippen molar-refractivity contribution >= 4 is 7.28 Å². The fourth-order valence-corrected chi connectivity index (χ4v) is 3.54. The van der Waals surface area contributed by atoms with Crippen LogP contribution >= 0.6 is 0 Å². The molecule has 0 spiro atoms. The van der Waals surface area contributed by atoms with Gasteiger partial charge in [-0.25, -0.2) is 0 Å². The van der Waals surface area contributed by atoms with Gasteiger partial charge in [0.05, 0.1) is 0 Å². The van der Waals surface area contributed by atoms with Gasteiger partial charge in [0.15, 0.2) is 0 Å². The van der Waals surface area contributed by atoms with E-state index in [0.717, 1.165) is 23.6 Å². The molecule has 14 heavy (non-hydrogen) atoms. The zero-order valence-corrected chi connectivity index (χ0v) is 10.6. The number of hydrogen-bond donors (Lipinski definition) is 0. The molecule has 0 bridgehead atoms. The van der Waals surface area contributed by atoms with Gasteiger partial charge in [-0.05, 0) is 24.2 Å². The average molecular weight is 194 g/mol. The molecule has 1 aliphatic rings. The lowest BCUT2D eigenvalue weighted by Crippen LogP contribution is -2.13. The second-order valence-electron chi connectivity index (χ2n) is 5.59. The highest BCUT2D eigenvalue weighted by Crippen LogP contribution is 2.44. The van der Waals surface area contributed by atoms with Gasteiger partial charge in [-0.2, -0.15) is 0 Å². The first kappa shape index (κ1) is 12.1. The molecule has 1 heteroatoms. The summed E-state index contributed by atoms with van der Waals surface area (Å²) in [4.78, 5) is 0. The summed E-state index contributed by atoms with van der Waals surface area (Å²) in [5, 5.41) is 0. The molecule has 0 saturated carbocycles. The van der Waals surface area contributed by atoms with E-state index in [1.807, 2.05) is 0 Å². The fraction of sp³-hybridized carbons (Fsp3) is 1.00. The Hall–Kier alpha value is 0.0649. The number of hydrogen-bond acceptors (Lipinski definition) is 0. The largest absolute Gasteiger partial charge is 0.124 e. The summed E-state index contributed by atoms with van der Waals surface area (Å²) in [5.41, 5.74) is 0. The van der Waals surface area contributed by atoms with Crippen molar-refractivity contribution in [2.24, 2.45) is 17.8 Å². The molecule has 0 aromatic carbocycles. The lowest BCUT2D eigenvalue weighted by atomic mass is 9.63. The molecular weight excluding hydrogens is 167 g/mol. The highest BCUT2D eigenvalue weighted by molar-refractivity contribution is 6.39. The van der Waals surface area contributed by atoms with E-state index in [9.17, 15) is 0 Å². The molecule has 1 rings (SSSR count). The predicted molar refractivity (Wildman–Crippen MR) is 67.3 cm³/mol. The first-order chi connectivity index (χ1) is 6.69. The van der Waals surface area contributed by atoms with Crippen molar-refractivity contribution in [2.45, 2.75) is 65.5 Å². The van der Waals surface area contributed by atoms with Gasteiger partial charge in [-0.1, -0.05) is 59.1 Å². The predicted octanol–water partition coefficient (Wildman–Crippen LogP) is 4.13. The van der Waals surface area contributed by atoms with Gasteiger partial charge in [0, 0.05) is 0 Å². The van der Waals surface area contributed by atoms with Crippen LogP contribution in [0.25, 0.3) is 0 Å². The molecule has 82 valence electrons. The third kappa shape index (κ3) is 3.03. The normalized spacial score (nSPS) is 32.2. The summed E-state index contributed by atoms with van der Waals surface area (Å²) in [7, 11) is 1.52. The maximum Gasteiger partial charge on any atom is 0.124 e. The van der Waals surface area contributed by atoms with Gasteiger partial charge in [-0.3, -0.25) is 0 Å². The average Bonchev–Trinajstić information content (AvgIpc) is 2.47. The highest BCUT2D eigenvalue weighted by Gasteiger charge is 2.34. The summed E-state index contributed by atoms with van der Waals surface area (Å²) in [6.07, 6.45) is 7.27. The Bertz CT molecular complexity index is 153. The maximum atomic E-state index is 2.39. The van der Waals surface area contributed by atoms with Gasteiger partial charge >= 0.3 is 0 Å². The van der Waals surface area contributed by atoms with Gasteiger partial charge in [0.25, 0.3) is 0 Å². The number of rotatable bonds is 5. The highest BCUT2D eigenvalue weighted by atomic mass is 14.3. The third-order valence-corrected chi connectivity index (χ3v) is 4.02. The monoisotopic (exact) mass is 194 g/mol. The van der Waals surface area contributed by atoms with Crippen molar-refractivity contribution < 1.29 is 0 Å². The Kier molecular flexibility index (Phi) is 5.05. The SMILES string of the molecule is CCCC1BCC(CC(C)C)C1CC. The van der Waals surface area contributed by atoms with E-state index in [1.54, 1.807) is 0 Å². The van der Waals surface area contributed by atoms with Crippen molar-refractivity contribution in [1.82, 2.24) is 0 Å². The molecule has 3 atom stereocenters. The lowest BCUT2D eigenvalue weighted by molar-refractivity contribution is 0.298. The van der Waals surface area contributed by atoms with Crippen LogP contribution in [0, 0.1) is 17.8 Å². The van der Waals surface area contributed by atoms with Gasteiger partial charge < -0.3 is 0 Å². The van der Waals surface area contributed by atoms with E-state index in [0.29, 0.717) is 0 Å². The summed E-state index contributed by atoms with van der Waals surface area (Å²) >= 11 is 0. The van der Waals surface area contributed by atoms with Crippen LogP contribution in [0.5, 0.6) is 0 Å². The molecule has 1 heterocycles. The zero-order valence-electron chi connectivity index (χ0n) is 10.6. The van der Waals surface area contributed by atoms with E-state index >= 15 is 0 Å². The summed E-state index contributed by atoms with van der Waals surface area (Å²) in [5.74, 6) is 4.07. The second kappa shape index (κ2) is 5.83. The Morgan fingerprint density at radius 2 is 2.00 bits per heavy atom. The van der Waals surface area contributed by atoms with Crippen LogP contribution in [0.1, 0.15) is 53.4 Å². The van der Waals surface area contributed by atoms with Crippen molar-refractivity contribution in [2.75, 3.05) is 0 Å².